The number of rotatable bonds is 1. The van der Waals surface area contributed by atoms with Crippen molar-refractivity contribution in [1.82, 2.24) is 4.98 Å². The molecule has 0 aliphatic rings. The van der Waals surface area contributed by atoms with Crippen molar-refractivity contribution in [2.24, 2.45) is 0 Å². The summed E-state index contributed by atoms with van der Waals surface area (Å²) in [6.45, 7) is 5.29. The van der Waals surface area contributed by atoms with Crippen molar-refractivity contribution in [3.8, 4) is 0 Å². The maximum absolute atomic E-state index is 13.5. The summed E-state index contributed by atoms with van der Waals surface area (Å²) in [6, 6.07) is 4.25. The van der Waals surface area contributed by atoms with Gasteiger partial charge in [-0.05, 0) is 54.9 Å². The zero-order chi connectivity index (χ0) is 15.8. The molecule has 1 amide bonds. The van der Waals surface area contributed by atoms with Crippen LogP contribution in [0.25, 0.3) is 10.9 Å². The van der Waals surface area contributed by atoms with Gasteiger partial charge in [-0.25, -0.2) is 14.2 Å². The van der Waals surface area contributed by atoms with Gasteiger partial charge in [-0.15, -0.1) is 0 Å². The molecule has 0 radical (unpaired) electrons. The summed E-state index contributed by atoms with van der Waals surface area (Å²) in [5.41, 5.74) is -0.147. The van der Waals surface area contributed by atoms with E-state index in [-0.39, 0.29) is 10.8 Å². The van der Waals surface area contributed by atoms with Crippen molar-refractivity contribution in [1.29, 1.82) is 0 Å². The number of nitrogens with one attached hydrogen (secondary N) is 1. The molecule has 4 nitrogen and oxygen atoms in total. The molecule has 1 N–H and O–H groups in total. The van der Waals surface area contributed by atoms with Gasteiger partial charge >= 0.3 is 6.09 Å². The average molecular weight is 376 g/mol. The lowest BCUT2D eigenvalue weighted by atomic mass is 10.2. The Bertz CT molecular complexity index is 716. The lowest BCUT2D eigenvalue weighted by Gasteiger charge is -2.19. The van der Waals surface area contributed by atoms with Crippen LogP contribution in [0.2, 0.25) is 5.02 Å². The topological polar surface area (TPSA) is 51.2 Å². The Labute approximate surface area is 134 Å². The van der Waals surface area contributed by atoms with E-state index in [1.807, 2.05) is 0 Å². The quantitative estimate of drug-likeness (QED) is 0.751. The van der Waals surface area contributed by atoms with E-state index < -0.39 is 17.5 Å². The fourth-order valence-corrected chi connectivity index (χ4v) is 2.68. The number of anilines is 1. The number of nitrogens with zero attached hydrogens (tertiary/aromatic N) is 1. The van der Waals surface area contributed by atoms with Crippen molar-refractivity contribution < 1.29 is 13.9 Å². The fourth-order valence-electron chi connectivity index (χ4n) is 1.69. The monoisotopic (exact) mass is 374 g/mol. The number of fused-ring (bicyclic) bond motifs is 1. The number of halogens is 3. The molecule has 2 aromatic rings. The number of amides is 1. The van der Waals surface area contributed by atoms with Gasteiger partial charge in [-0.1, -0.05) is 11.6 Å². The first kappa shape index (κ1) is 16.0. The highest BCUT2D eigenvalue weighted by Gasteiger charge is 2.18. The van der Waals surface area contributed by atoms with E-state index in [1.54, 1.807) is 20.8 Å². The summed E-state index contributed by atoms with van der Waals surface area (Å²) in [6.07, 6.45) is -0.616. The van der Waals surface area contributed by atoms with Gasteiger partial charge in [-0.2, -0.15) is 0 Å². The van der Waals surface area contributed by atoms with E-state index in [0.717, 1.165) is 0 Å². The third-order valence-electron chi connectivity index (χ3n) is 2.45. The molecule has 0 saturated carbocycles. The summed E-state index contributed by atoms with van der Waals surface area (Å²) in [5, 5.41) is 2.96. The highest BCUT2D eigenvalue weighted by Crippen LogP contribution is 2.33. The average Bonchev–Trinajstić information content (AvgIpc) is 2.31. The summed E-state index contributed by atoms with van der Waals surface area (Å²) in [5.74, 6) is -0.245. The molecular formula is C14H13BrClFN2O2. The molecule has 1 aromatic heterocycles. The van der Waals surface area contributed by atoms with Crippen LogP contribution >= 0.6 is 27.5 Å². The van der Waals surface area contributed by atoms with Crippen LogP contribution < -0.4 is 5.32 Å². The van der Waals surface area contributed by atoms with Crippen molar-refractivity contribution in [3.63, 3.8) is 0 Å². The van der Waals surface area contributed by atoms with E-state index in [4.69, 9.17) is 16.3 Å². The van der Waals surface area contributed by atoms with Gasteiger partial charge in [0.2, 0.25) is 0 Å². The Morgan fingerprint density at radius 2 is 2.10 bits per heavy atom. The van der Waals surface area contributed by atoms with Crippen molar-refractivity contribution in [2.45, 2.75) is 26.4 Å². The van der Waals surface area contributed by atoms with Crippen molar-refractivity contribution in [2.75, 3.05) is 5.32 Å². The molecule has 112 valence electrons. The molecule has 0 bridgehead atoms. The van der Waals surface area contributed by atoms with Crippen molar-refractivity contribution >= 4 is 50.3 Å². The minimum Gasteiger partial charge on any atom is -0.444 e. The molecule has 0 saturated heterocycles. The van der Waals surface area contributed by atoms with Gasteiger partial charge < -0.3 is 4.74 Å². The summed E-state index contributed by atoms with van der Waals surface area (Å²) in [4.78, 5) is 15.9. The molecule has 0 spiro atoms. The van der Waals surface area contributed by atoms with Crippen LogP contribution in [0.3, 0.4) is 0 Å². The number of pyridine rings is 1. The van der Waals surface area contributed by atoms with E-state index in [9.17, 15) is 9.18 Å². The third kappa shape index (κ3) is 3.83. The normalized spacial score (nSPS) is 11.5. The molecule has 0 fully saturated rings. The van der Waals surface area contributed by atoms with E-state index in [1.165, 1.54) is 18.2 Å². The van der Waals surface area contributed by atoms with Crippen LogP contribution in [0.1, 0.15) is 20.8 Å². The number of benzene rings is 1. The largest absolute Gasteiger partial charge is 0.444 e. The maximum atomic E-state index is 13.5. The van der Waals surface area contributed by atoms with Gasteiger partial charge in [0.25, 0.3) is 0 Å². The minimum atomic E-state index is -0.616. The SMILES string of the molecule is CC(C)(C)OC(=O)Nc1cc(Br)c2c(Cl)c(F)ccc2n1. The van der Waals surface area contributed by atoms with E-state index in [2.05, 4.69) is 26.2 Å². The van der Waals surface area contributed by atoms with Crippen LogP contribution in [0.4, 0.5) is 15.0 Å². The first-order chi connectivity index (χ1) is 9.67. The predicted octanol–water partition coefficient (Wildman–Crippen LogP) is 5.14. The highest BCUT2D eigenvalue weighted by molar-refractivity contribution is 9.10. The molecule has 21 heavy (non-hydrogen) atoms. The predicted molar refractivity (Wildman–Crippen MR) is 84.3 cm³/mol. The molecule has 0 atom stereocenters. The van der Waals surface area contributed by atoms with Gasteiger partial charge in [0.05, 0.1) is 10.5 Å². The van der Waals surface area contributed by atoms with Crippen LogP contribution in [-0.4, -0.2) is 16.7 Å². The molecule has 0 aliphatic heterocycles. The van der Waals surface area contributed by atoms with E-state index >= 15 is 0 Å². The van der Waals surface area contributed by atoms with Gasteiger partial charge in [0.15, 0.2) is 0 Å². The lowest BCUT2D eigenvalue weighted by Crippen LogP contribution is -2.27. The third-order valence-corrected chi connectivity index (χ3v) is 3.44. The molecular weight excluding hydrogens is 363 g/mol. The second-order valence-electron chi connectivity index (χ2n) is 5.37. The number of carbonyl (C=O) groups excluding carboxylic acids is 1. The Hall–Kier alpha value is -1.40. The molecule has 2 rings (SSSR count). The van der Waals surface area contributed by atoms with Gasteiger partial charge in [-0.3, -0.25) is 5.32 Å². The Kier molecular flexibility index (Phi) is 4.39. The summed E-state index contributed by atoms with van der Waals surface area (Å²) in [7, 11) is 0. The standard InChI is InChI=1S/C14H13BrClFN2O2/c1-14(2,3)21-13(20)19-10-6-7(15)11-9(18-10)5-4-8(17)12(11)16/h4-6H,1-3H3,(H,18,19,20). The number of hydrogen-bond acceptors (Lipinski definition) is 3. The molecule has 1 aromatic carbocycles. The highest BCUT2D eigenvalue weighted by atomic mass is 79.9. The molecule has 0 aliphatic carbocycles. The first-order valence-corrected chi connectivity index (χ1v) is 7.29. The van der Waals surface area contributed by atoms with Crippen LogP contribution in [0.15, 0.2) is 22.7 Å². The molecule has 1 heterocycles. The number of ether oxygens (including phenoxy) is 1. The lowest BCUT2D eigenvalue weighted by molar-refractivity contribution is 0.0635. The number of hydrogen-bond donors (Lipinski definition) is 1. The van der Waals surface area contributed by atoms with Gasteiger partial charge in [0.1, 0.15) is 17.2 Å². The van der Waals surface area contributed by atoms with Crippen molar-refractivity contribution in [3.05, 3.63) is 33.5 Å². The Balaban J connectivity index is 2.35. The number of carbonyl (C=O) groups is 1. The summed E-state index contributed by atoms with van der Waals surface area (Å²) >= 11 is 9.22. The smallest absolute Gasteiger partial charge is 0.413 e. The first-order valence-electron chi connectivity index (χ1n) is 6.11. The second-order valence-corrected chi connectivity index (χ2v) is 6.60. The number of aromatic nitrogens is 1. The minimum absolute atomic E-state index is 0.0179. The van der Waals surface area contributed by atoms with E-state index in [0.29, 0.717) is 15.4 Å². The fraction of sp³-hybridized carbons (Fsp3) is 0.286. The maximum Gasteiger partial charge on any atom is 0.413 e. The second kappa shape index (κ2) is 5.77. The Morgan fingerprint density at radius 3 is 2.71 bits per heavy atom. The van der Waals surface area contributed by atoms with Gasteiger partial charge in [0, 0.05) is 9.86 Å². The molecule has 0 unspecified atom stereocenters. The molecule has 7 heteroatoms. The summed E-state index contributed by atoms with van der Waals surface area (Å²) < 4.78 is 19.1. The Morgan fingerprint density at radius 1 is 1.43 bits per heavy atom. The van der Waals surface area contributed by atoms with Crippen LogP contribution in [-0.2, 0) is 4.74 Å². The van der Waals surface area contributed by atoms with Crippen LogP contribution in [0.5, 0.6) is 0 Å². The zero-order valence-corrected chi connectivity index (χ0v) is 14.0. The van der Waals surface area contributed by atoms with Crippen LogP contribution in [0, 0.1) is 5.82 Å². The zero-order valence-electron chi connectivity index (χ0n) is 11.6.